The van der Waals surface area contributed by atoms with Crippen molar-refractivity contribution in [3.8, 4) is 0 Å². The average molecular weight is 322 g/mol. The lowest BCUT2D eigenvalue weighted by atomic mass is 10.0. The molecule has 0 aliphatic heterocycles. The van der Waals surface area contributed by atoms with Crippen LogP contribution >= 0.6 is 11.8 Å². The van der Waals surface area contributed by atoms with Crippen molar-refractivity contribution in [1.29, 1.82) is 0 Å². The van der Waals surface area contributed by atoms with Gasteiger partial charge in [-0.1, -0.05) is 6.92 Å². The molecule has 1 aromatic heterocycles. The summed E-state index contributed by atoms with van der Waals surface area (Å²) in [7, 11) is 0. The molecular weight excluding hydrogens is 305 g/mol. The predicted octanol–water partition coefficient (Wildman–Crippen LogP) is 2.83. The maximum atomic E-state index is 12.4. The molecule has 1 aromatic rings. The van der Waals surface area contributed by atoms with Crippen LogP contribution in [0.1, 0.15) is 30.6 Å². The minimum atomic E-state index is -4.50. The van der Waals surface area contributed by atoms with Crippen molar-refractivity contribution < 1.29 is 23.1 Å². The molecule has 118 valence electrons. The van der Waals surface area contributed by atoms with Gasteiger partial charge in [0.1, 0.15) is 5.03 Å². The van der Waals surface area contributed by atoms with Crippen LogP contribution in [0.15, 0.2) is 23.4 Å². The molecule has 1 amide bonds. The summed E-state index contributed by atoms with van der Waals surface area (Å²) in [4.78, 5) is 15.6. The largest absolute Gasteiger partial charge is 0.447 e. The molecule has 0 fully saturated rings. The minimum Gasteiger partial charge on any atom is -0.393 e. The Morgan fingerprint density at radius 1 is 1.48 bits per heavy atom. The Kier molecular flexibility index (Phi) is 6.47. The Morgan fingerprint density at radius 3 is 2.71 bits per heavy atom. The summed E-state index contributed by atoms with van der Waals surface area (Å²) in [6.45, 7) is 3.74. The Bertz CT molecular complexity index is 481. The van der Waals surface area contributed by atoms with E-state index in [2.05, 4.69) is 10.3 Å². The van der Waals surface area contributed by atoms with E-state index >= 15 is 0 Å². The molecule has 0 saturated heterocycles. The summed E-state index contributed by atoms with van der Waals surface area (Å²) < 4.78 is 37.2. The predicted molar refractivity (Wildman–Crippen MR) is 73.9 cm³/mol. The Hall–Kier alpha value is -1.28. The van der Waals surface area contributed by atoms with Gasteiger partial charge in [-0.2, -0.15) is 13.2 Å². The van der Waals surface area contributed by atoms with Crippen LogP contribution in [0.4, 0.5) is 13.2 Å². The summed E-state index contributed by atoms with van der Waals surface area (Å²) in [6.07, 6.45) is 1.21. The number of aliphatic hydroxyl groups excluding tert-OH is 1. The lowest BCUT2D eigenvalue weighted by molar-refractivity contribution is -0.0329. The molecule has 0 saturated carbocycles. The summed E-state index contributed by atoms with van der Waals surface area (Å²) >= 11 is -0.411. The van der Waals surface area contributed by atoms with Crippen molar-refractivity contribution in [2.24, 2.45) is 5.92 Å². The average Bonchev–Trinajstić information content (AvgIpc) is 2.34. The number of halogens is 3. The summed E-state index contributed by atoms with van der Waals surface area (Å²) in [5.74, 6) is -0.586. The highest BCUT2D eigenvalue weighted by Crippen LogP contribution is 2.37. The third-order valence-corrected chi connectivity index (χ3v) is 3.33. The lowest BCUT2D eigenvalue weighted by Crippen LogP contribution is -2.30. The van der Waals surface area contributed by atoms with Crippen LogP contribution in [-0.4, -0.2) is 34.2 Å². The van der Waals surface area contributed by atoms with E-state index in [1.54, 1.807) is 6.92 Å². The van der Waals surface area contributed by atoms with Crippen LogP contribution in [0.3, 0.4) is 0 Å². The normalized spacial score (nSPS) is 14.6. The SMILES string of the molecule is CC(O)CC(C)CNC(=O)c1cccnc1SC(F)(F)F. The van der Waals surface area contributed by atoms with Gasteiger partial charge in [-0.3, -0.25) is 4.79 Å². The number of aliphatic hydroxyl groups is 1. The smallest absolute Gasteiger partial charge is 0.393 e. The quantitative estimate of drug-likeness (QED) is 0.791. The molecule has 1 rings (SSSR count). The fourth-order valence-electron chi connectivity index (χ4n) is 1.78. The van der Waals surface area contributed by atoms with Gasteiger partial charge in [-0.05, 0) is 31.4 Å². The number of hydrogen-bond donors (Lipinski definition) is 2. The zero-order valence-electron chi connectivity index (χ0n) is 11.6. The first kappa shape index (κ1) is 17.8. The second-order valence-electron chi connectivity index (χ2n) is 4.80. The number of amides is 1. The highest BCUT2D eigenvalue weighted by Gasteiger charge is 2.32. The van der Waals surface area contributed by atoms with Crippen molar-refractivity contribution in [3.05, 3.63) is 23.9 Å². The minimum absolute atomic E-state index is 0.0179. The molecule has 2 N–H and O–H groups in total. The number of rotatable bonds is 6. The molecule has 4 nitrogen and oxygen atoms in total. The van der Waals surface area contributed by atoms with Crippen molar-refractivity contribution in [2.45, 2.75) is 36.9 Å². The van der Waals surface area contributed by atoms with E-state index in [0.29, 0.717) is 6.42 Å². The number of pyridine rings is 1. The Morgan fingerprint density at radius 2 is 2.14 bits per heavy atom. The lowest BCUT2D eigenvalue weighted by Gasteiger charge is -2.15. The van der Waals surface area contributed by atoms with Gasteiger partial charge in [0.15, 0.2) is 0 Å². The van der Waals surface area contributed by atoms with Crippen LogP contribution in [-0.2, 0) is 0 Å². The van der Waals surface area contributed by atoms with Crippen molar-refractivity contribution >= 4 is 17.7 Å². The highest BCUT2D eigenvalue weighted by atomic mass is 32.2. The standard InChI is InChI=1S/C13H17F3N2O2S/c1-8(6-9(2)19)7-18-11(20)10-4-3-5-17-12(10)21-13(14,15)16/h3-5,8-9,19H,6-7H2,1-2H3,(H,18,20). The molecule has 1 heterocycles. The maximum absolute atomic E-state index is 12.4. The number of carbonyl (C=O) groups excluding carboxylic acids is 1. The first-order valence-corrected chi connectivity index (χ1v) is 7.17. The molecule has 2 atom stereocenters. The van der Waals surface area contributed by atoms with Crippen molar-refractivity contribution in [3.63, 3.8) is 0 Å². The molecule has 0 radical (unpaired) electrons. The molecule has 0 aliphatic carbocycles. The first-order valence-electron chi connectivity index (χ1n) is 6.36. The number of thioether (sulfide) groups is 1. The van der Waals surface area contributed by atoms with E-state index in [1.807, 2.05) is 6.92 Å². The van der Waals surface area contributed by atoms with Crippen LogP contribution in [0.2, 0.25) is 0 Å². The van der Waals surface area contributed by atoms with E-state index in [4.69, 9.17) is 0 Å². The van der Waals surface area contributed by atoms with Crippen LogP contribution in [0.25, 0.3) is 0 Å². The summed E-state index contributed by atoms with van der Waals surface area (Å²) in [5.41, 5.74) is -4.60. The number of nitrogens with one attached hydrogen (secondary N) is 1. The van der Waals surface area contributed by atoms with Gasteiger partial charge < -0.3 is 10.4 Å². The molecule has 8 heteroatoms. The van der Waals surface area contributed by atoms with Crippen LogP contribution in [0.5, 0.6) is 0 Å². The number of carbonyl (C=O) groups is 1. The van der Waals surface area contributed by atoms with E-state index < -0.39 is 29.3 Å². The van der Waals surface area contributed by atoms with Crippen LogP contribution in [0, 0.1) is 5.92 Å². The molecule has 0 aliphatic rings. The van der Waals surface area contributed by atoms with E-state index in [1.165, 1.54) is 18.3 Å². The van der Waals surface area contributed by atoms with Gasteiger partial charge >= 0.3 is 5.51 Å². The second-order valence-corrected chi connectivity index (χ2v) is 5.86. The zero-order valence-corrected chi connectivity index (χ0v) is 12.5. The van der Waals surface area contributed by atoms with Crippen molar-refractivity contribution in [2.75, 3.05) is 6.54 Å². The third kappa shape index (κ3) is 6.81. The monoisotopic (exact) mass is 322 g/mol. The van der Waals surface area contributed by atoms with E-state index in [-0.39, 0.29) is 23.1 Å². The number of hydrogen-bond acceptors (Lipinski definition) is 4. The van der Waals surface area contributed by atoms with Crippen molar-refractivity contribution in [1.82, 2.24) is 10.3 Å². The Balaban J connectivity index is 2.70. The summed E-state index contributed by atoms with van der Waals surface area (Å²) in [6, 6.07) is 2.71. The number of alkyl halides is 3. The third-order valence-electron chi connectivity index (χ3n) is 2.58. The highest BCUT2D eigenvalue weighted by molar-refractivity contribution is 8.00. The van der Waals surface area contributed by atoms with Gasteiger partial charge in [0, 0.05) is 24.5 Å². The molecule has 0 bridgehead atoms. The van der Waals surface area contributed by atoms with Gasteiger partial charge in [0.05, 0.1) is 11.7 Å². The molecule has 0 spiro atoms. The van der Waals surface area contributed by atoms with Gasteiger partial charge in [0.25, 0.3) is 5.91 Å². The maximum Gasteiger partial charge on any atom is 0.447 e. The van der Waals surface area contributed by atoms with Gasteiger partial charge in [-0.25, -0.2) is 4.98 Å². The molecular formula is C13H17F3N2O2S. The first-order chi connectivity index (χ1) is 9.69. The fraction of sp³-hybridized carbons (Fsp3) is 0.538. The van der Waals surface area contributed by atoms with Gasteiger partial charge in [0.2, 0.25) is 0 Å². The number of aromatic nitrogens is 1. The topological polar surface area (TPSA) is 62.2 Å². The Labute approximate surface area is 125 Å². The fourth-order valence-corrected chi connectivity index (χ4v) is 2.39. The van der Waals surface area contributed by atoms with Crippen LogP contribution < -0.4 is 5.32 Å². The van der Waals surface area contributed by atoms with Gasteiger partial charge in [-0.15, -0.1) is 0 Å². The van der Waals surface area contributed by atoms with E-state index in [0.717, 1.165) is 0 Å². The molecule has 21 heavy (non-hydrogen) atoms. The number of nitrogens with zero attached hydrogens (tertiary/aromatic N) is 1. The molecule has 0 aromatic carbocycles. The second kappa shape index (κ2) is 7.65. The molecule has 2 unspecified atom stereocenters. The zero-order chi connectivity index (χ0) is 16.0. The summed E-state index contributed by atoms with van der Waals surface area (Å²) in [5, 5.41) is 11.4. The van der Waals surface area contributed by atoms with E-state index in [9.17, 15) is 23.1 Å².